The van der Waals surface area contributed by atoms with E-state index in [0.29, 0.717) is 50.0 Å². The van der Waals surface area contributed by atoms with Crippen LogP contribution >= 0.6 is 0 Å². The molecule has 2 amide bonds. The molecule has 0 spiro atoms. The van der Waals surface area contributed by atoms with Crippen molar-refractivity contribution in [3.8, 4) is 11.5 Å². The zero-order valence-electron chi connectivity index (χ0n) is 20.8. The second-order valence-electron chi connectivity index (χ2n) is 9.86. The SMILES string of the molecule is O=C(Nc1ccc(C2CCN(C(=O)C3CC[C@H]3C(=O)O)CC2)cc1)c1nc(-c2ccccc2)oc1C(F)(F)F. The molecule has 2 N–H and O–H groups in total. The number of aromatic nitrogens is 1. The van der Waals surface area contributed by atoms with E-state index in [4.69, 9.17) is 4.42 Å². The van der Waals surface area contributed by atoms with Gasteiger partial charge in [0, 0.05) is 24.3 Å². The smallest absolute Gasteiger partial charge is 0.452 e. The molecule has 204 valence electrons. The molecule has 0 bridgehead atoms. The Labute approximate surface area is 221 Å². The quantitative estimate of drug-likeness (QED) is 0.430. The molecule has 0 radical (unpaired) electrons. The molecular formula is C28H26F3N3O5. The summed E-state index contributed by atoms with van der Waals surface area (Å²) in [5, 5.41) is 11.7. The van der Waals surface area contributed by atoms with Crippen molar-refractivity contribution in [2.24, 2.45) is 11.8 Å². The highest BCUT2D eigenvalue weighted by Gasteiger charge is 2.44. The first-order chi connectivity index (χ1) is 18.6. The van der Waals surface area contributed by atoms with Crippen LogP contribution in [0.4, 0.5) is 18.9 Å². The van der Waals surface area contributed by atoms with Gasteiger partial charge in [0.15, 0.2) is 5.69 Å². The predicted octanol–water partition coefficient (Wildman–Crippen LogP) is 5.43. The summed E-state index contributed by atoms with van der Waals surface area (Å²) in [6.07, 6.45) is -2.35. The maximum absolute atomic E-state index is 13.6. The molecule has 5 rings (SSSR count). The number of benzene rings is 2. The maximum atomic E-state index is 13.6. The van der Waals surface area contributed by atoms with Crippen molar-refractivity contribution >= 4 is 23.5 Å². The van der Waals surface area contributed by atoms with Crippen LogP contribution in [0.1, 0.15) is 53.4 Å². The van der Waals surface area contributed by atoms with Crippen molar-refractivity contribution < 1.29 is 37.1 Å². The number of alkyl halides is 3. The zero-order chi connectivity index (χ0) is 27.7. The second-order valence-corrected chi connectivity index (χ2v) is 9.86. The topological polar surface area (TPSA) is 113 Å². The van der Waals surface area contributed by atoms with Gasteiger partial charge in [-0.1, -0.05) is 30.3 Å². The van der Waals surface area contributed by atoms with Crippen LogP contribution in [-0.2, 0) is 15.8 Å². The lowest BCUT2D eigenvalue weighted by atomic mass is 9.72. The highest BCUT2D eigenvalue weighted by molar-refractivity contribution is 6.04. The number of hydrogen-bond acceptors (Lipinski definition) is 5. The Hall–Kier alpha value is -4.15. The van der Waals surface area contributed by atoms with Gasteiger partial charge in [-0.2, -0.15) is 13.2 Å². The number of piperidine rings is 1. The van der Waals surface area contributed by atoms with Crippen LogP contribution in [-0.4, -0.2) is 45.9 Å². The number of nitrogens with zero attached hydrogens (tertiary/aromatic N) is 2. The molecule has 1 saturated heterocycles. The number of carboxylic acids is 1. The van der Waals surface area contributed by atoms with E-state index >= 15 is 0 Å². The number of halogens is 3. The molecule has 2 heterocycles. The number of oxazole rings is 1. The van der Waals surface area contributed by atoms with Gasteiger partial charge in [0.05, 0.1) is 11.8 Å². The number of hydrogen-bond donors (Lipinski definition) is 2. The fraction of sp³-hybridized carbons (Fsp3) is 0.357. The summed E-state index contributed by atoms with van der Waals surface area (Å²) in [7, 11) is 0. The van der Waals surface area contributed by atoms with Gasteiger partial charge in [-0.3, -0.25) is 14.4 Å². The van der Waals surface area contributed by atoms with Gasteiger partial charge in [0.2, 0.25) is 17.6 Å². The van der Waals surface area contributed by atoms with Crippen LogP contribution < -0.4 is 5.32 Å². The fourth-order valence-electron chi connectivity index (χ4n) is 5.16. The third-order valence-electron chi connectivity index (χ3n) is 7.48. The van der Waals surface area contributed by atoms with Crippen LogP contribution in [0.25, 0.3) is 11.5 Å². The predicted molar refractivity (Wildman–Crippen MR) is 134 cm³/mol. The molecule has 39 heavy (non-hydrogen) atoms. The average molecular weight is 542 g/mol. The number of anilines is 1. The fourth-order valence-corrected chi connectivity index (χ4v) is 5.16. The largest absolute Gasteiger partial charge is 0.481 e. The highest BCUT2D eigenvalue weighted by Crippen LogP contribution is 2.38. The average Bonchev–Trinajstić information content (AvgIpc) is 3.36. The van der Waals surface area contributed by atoms with Crippen LogP contribution in [0.15, 0.2) is 59.0 Å². The van der Waals surface area contributed by atoms with Gasteiger partial charge >= 0.3 is 12.1 Å². The molecule has 1 aliphatic carbocycles. The molecule has 1 aliphatic heterocycles. The highest BCUT2D eigenvalue weighted by atomic mass is 19.4. The van der Waals surface area contributed by atoms with Crippen molar-refractivity contribution in [3.05, 3.63) is 71.6 Å². The van der Waals surface area contributed by atoms with Gasteiger partial charge in [-0.15, -0.1) is 0 Å². The molecule has 2 aromatic carbocycles. The first-order valence-electron chi connectivity index (χ1n) is 12.7. The van der Waals surface area contributed by atoms with E-state index < -0.39 is 41.3 Å². The normalized spacial score (nSPS) is 19.8. The molecule has 1 aromatic heterocycles. The first kappa shape index (κ1) is 26.5. The maximum Gasteiger partial charge on any atom is 0.452 e. The monoisotopic (exact) mass is 541 g/mol. The Morgan fingerprint density at radius 2 is 1.56 bits per heavy atom. The van der Waals surface area contributed by atoms with Crippen LogP contribution in [0.3, 0.4) is 0 Å². The number of carboxylic acid groups (broad SMARTS) is 1. The summed E-state index contributed by atoms with van der Waals surface area (Å²) >= 11 is 0. The Kier molecular flexibility index (Phi) is 7.16. The van der Waals surface area contributed by atoms with Crippen molar-refractivity contribution in [2.75, 3.05) is 18.4 Å². The van der Waals surface area contributed by atoms with E-state index in [1.54, 1.807) is 47.4 Å². The zero-order valence-corrected chi connectivity index (χ0v) is 20.8. The minimum atomic E-state index is -4.90. The van der Waals surface area contributed by atoms with E-state index in [1.807, 2.05) is 0 Å². The van der Waals surface area contributed by atoms with Gasteiger partial charge in [-0.05, 0) is 61.4 Å². The number of carbonyl (C=O) groups excluding carboxylic acids is 2. The molecule has 2 fully saturated rings. The molecule has 1 unspecified atom stereocenters. The number of nitrogens with one attached hydrogen (secondary N) is 1. The third-order valence-corrected chi connectivity index (χ3v) is 7.48. The lowest BCUT2D eigenvalue weighted by Crippen LogP contribution is -2.48. The van der Waals surface area contributed by atoms with Crippen molar-refractivity contribution in [3.63, 3.8) is 0 Å². The minimum Gasteiger partial charge on any atom is -0.481 e. The van der Waals surface area contributed by atoms with Crippen molar-refractivity contribution in [1.82, 2.24) is 9.88 Å². The van der Waals surface area contributed by atoms with E-state index in [1.165, 1.54) is 12.1 Å². The summed E-state index contributed by atoms with van der Waals surface area (Å²) < 4.78 is 45.6. The Morgan fingerprint density at radius 3 is 2.13 bits per heavy atom. The lowest BCUT2D eigenvalue weighted by Gasteiger charge is -2.39. The van der Waals surface area contributed by atoms with Gasteiger partial charge < -0.3 is 19.7 Å². The number of aliphatic carboxylic acids is 1. The Morgan fingerprint density at radius 1 is 0.923 bits per heavy atom. The molecule has 8 nitrogen and oxygen atoms in total. The summed E-state index contributed by atoms with van der Waals surface area (Å²) in [6.45, 7) is 1.06. The molecule has 1 saturated carbocycles. The number of carbonyl (C=O) groups is 3. The number of likely N-dealkylation sites (tertiary alicyclic amines) is 1. The summed E-state index contributed by atoms with van der Waals surface area (Å²) in [5.41, 5.74) is 0.752. The van der Waals surface area contributed by atoms with Crippen molar-refractivity contribution in [2.45, 2.75) is 37.8 Å². The van der Waals surface area contributed by atoms with E-state index in [9.17, 15) is 32.7 Å². The van der Waals surface area contributed by atoms with Crippen LogP contribution in [0, 0.1) is 11.8 Å². The van der Waals surface area contributed by atoms with Crippen LogP contribution in [0.5, 0.6) is 0 Å². The minimum absolute atomic E-state index is 0.0911. The molecule has 11 heteroatoms. The second kappa shape index (κ2) is 10.5. The molecule has 2 aliphatic rings. The molecular weight excluding hydrogens is 515 g/mol. The summed E-state index contributed by atoms with van der Waals surface area (Å²) in [6, 6.07) is 14.8. The first-order valence-corrected chi connectivity index (χ1v) is 12.7. The Bertz CT molecular complexity index is 1360. The van der Waals surface area contributed by atoms with Gasteiger partial charge in [0.1, 0.15) is 0 Å². The molecule has 2 atom stereocenters. The van der Waals surface area contributed by atoms with E-state index in [-0.39, 0.29) is 17.7 Å². The van der Waals surface area contributed by atoms with E-state index in [2.05, 4.69) is 10.3 Å². The molecule has 3 aromatic rings. The number of rotatable bonds is 6. The van der Waals surface area contributed by atoms with E-state index in [0.717, 1.165) is 5.56 Å². The lowest BCUT2D eigenvalue weighted by molar-refractivity contribution is -0.157. The number of amides is 2. The summed E-state index contributed by atoms with van der Waals surface area (Å²) in [4.78, 5) is 42.3. The van der Waals surface area contributed by atoms with Crippen LogP contribution in [0.2, 0.25) is 0 Å². The van der Waals surface area contributed by atoms with Crippen molar-refractivity contribution in [1.29, 1.82) is 0 Å². The standard InChI is InChI=1S/C28H26F3N3O5/c29-28(30,31)23-22(33-25(39-23)18-4-2-1-3-5-18)24(35)32-19-8-6-16(7-9-19)17-12-14-34(15-13-17)26(36)20-10-11-21(20)27(37)38/h1-9,17,20-21H,10-15H2,(H,32,35)(H,37,38)/t20?,21-/m1/s1. The third kappa shape index (κ3) is 5.52. The Balaban J connectivity index is 1.22. The van der Waals surface area contributed by atoms with Gasteiger partial charge in [0.25, 0.3) is 5.91 Å². The van der Waals surface area contributed by atoms with Gasteiger partial charge in [-0.25, -0.2) is 4.98 Å². The summed E-state index contributed by atoms with van der Waals surface area (Å²) in [5.74, 6) is -4.68.